The number of hydrogen-bond donors (Lipinski definition) is 1. The number of aromatic hydroxyl groups is 1. The first-order chi connectivity index (χ1) is 7.20. The van der Waals surface area contributed by atoms with Gasteiger partial charge in [0.05, 0.1) is 5.56 Å². The van der Waals surface area contributed by atoms with Gasteiger partial charge in [0.15, 0.2) is 5.75 Å². The lowest BCUT2D eigenvalue weighted by Gasteiger charge is -1.98. The number of hydrogen-bond acceptors (Lipinski definition) is 3. The summed E-state index contributed by atoms with van der Waals surface area (Å²) in [6, 6.07) is 9.33. The van der Waals surface area contributed by atoms with Gasteiger partial charge in [-0.15, -0.1) is 0 Å². The van der Waals surface area contributed by atoms with Crippen molar-refractivity contribution in [3.8, 4) is 5.75 Å². The third kappa shape index (κ3) is 1.59. The molecule has 0 saturated carbocycles. The van der Waals surface area contributed by atoms with Crippen LogP contribution < -0.4 is 10.9 Å². The molecule has 1 N–H and O–H groups in total. The summed E-state index contributed by atoms with van der Waals surface area (Å²) in [6.07, 6.45) is 3.13. The van der Waals surface area contributed by atoms with Crippen LogP contribution >= 0.6 is 0 Å². The quantitative estimate of drug-likeness (QED) is 0.740. The molecule has 0 bridgehead atoms. The van der Waals surface area contributed by atoms with Crippen LogP contribution in [0.2, 0.25) is 0 Å². The van der Waals surface area contributed by atoms with E-state index in [-0.39, 0.29) is 5.56 Å². The Morgan fingerprint density at radius 1 is 0.933 bits per heavy atom. The Morgan fingerprint density at radius 3 is 2.20 bits per heavy atom. The molecular weight excluding hydrogens is 192 g/mol. The van der Waals surface area contributed by atoms with Crippen LogP contribution in [-0.4, -0.2) is 5.11 Å². The maximum Gasteiger partial charge on any atom is 0.268 e. The Hall–Kier alpha value is -2.16. The fourth-order valence-electron chi connectivity index (χ4n) is 1.30. The SMILES string of the molecule is O=c1c(O)c(/C=C/c2ccccc2)c1=O. The molecule has 2 rings (SSSR count). The molecule has 15 heavy (non-hydrogen) atoms. The Labute approximate surface area is 85.6 Å². The Bertz CT molecular complexity index is 572. The third-order valence-electron chi connectivity index (χ3n) is 2.16. The van der Waals surface area contributed by atoms with E-state index in [0.29, 0.717) is 0 Å². The van der Waals surface area contributed by atoms with Crippen LogP contribution in [0.15, 0.2) is 39.9 Å². The van der Waals surface area contributed by atoms with Crippen LogP contribution in [0.3, 0.4) is 0 Å². The summed E-state index contributed by atoms with van der Waals surface area (Å²) in [7, 11) is 0. The van der Waals surface area contributed by atoms with Crippen molar-refractivity contribution in [2.75, 3.05) is 0 Å². The van der Waals surface area contributed by atoms with Crippen molar-refractivity contribution < 1.29 is 5.11 Å². The molecule has 0 aliphatic rings. The van der Waals surface area contributed by atoms with Gasteiger partial charge in [-0.05, 0) is 11.6 Å². The molecule has 3 heteroatoms. The van der Waals surface area contributed by atoms with Crippen molar-refractivity contribution in [1.82, 2.24) is 0 Å². The van der Waals surface area contributed by atoms with E-state index in [1.54, 1.807) is 6.08 Å². The minimum Gasteiger partial charge on any atom is -0.504 e. The number of benzene rings is 1. The van der Waals surface area contributed by atoms with E-state index in [4.69, 9.17) is 5.11 Å². The molecule has 3 nitrogen and oxygen atoms in total. The van der Waals surface area contributed by atoms with Gasteiger partial charge in [0.2, 0.25) is 5.43 Å². The molecule has 0 heterocycles. The fraction of sp³-hybridized carbons (Fsp3) is 0. The molecule has 0 radical (unpaired) electrons. The van der Waals surface area contributed by atoms with Crippen molar-refractivity contribution in [2.24, 2.45) is 0 Å². The molecular formula is C12H8O3. The first-order valence-corrected chi connectivity index (χ1v) is 4.45. The molecule has 0 aliphatic carbocycles. The average molecular weight is 200 g/mol. The molecule has 0 aliphatic heterocycles. The van der Waals surface area contributed by atoms with Crippen LogP contribution in [0, 0.1) is 0 Å². The van der Waals surface area contributed by atoms with Gasteiger partial charge in [-0.3, -0.25) is 9.59 Å². The standard InChI is InChI=1S/C12H8O3/c13-10-9(11(14)12(10)15)7-6-8-4-2-1-3-5-8/h1-7,13H/b7-6+. The van der Waals surface area contributed by atoms with Gasteiger partial charge < -0.3 is 5.11 Å². The van der Waals surface area contributed by atoms with Crippen molar-refractivity contribution in [3.63, 3.8) is 0 Å². The highest BCUT2D eigenvalue weighted by molar-refractivity contribution is 5.73. The summed E-state index contributed by atoms with van der Waals surface area (Å²) in [5.41, 5.74) is -0.434. The van der Waals surface area contributed by atoms with E-state index < -0.39 is 16.6 Å². The predicted molar refractivity (Wildman–Crippen MR) is 58.4 cm³/mol. The van der Waals surface area contributed by atoms with Gasteiger partial charge in [-0.25, -0.2) is 0 Å². The zero-order chi connectivity index (χ0) is 10.8. The molecule has 0 atom stereocenters. The van der Waals surface area contributed by atoms with Gasteiger partial charge in [0.25, 0.3) is 5.43 Å². The van der Waals surface area contributed by atoms with E-state index in [2.05, 4.69) is 0 Å². The Kier molecular flexibility index (Phi) is 2.21. The summed E-state index contributed by atoms with van der Waals surface area (Å²) < 4.78 is 0. The Balaban J connectivity index is 2.28. The summed E-state index contributed by atoms with van der Waals surface area (Å²) in [5.74, 6) is -0.438. The van der Waals surface area contributed by atoms with E-state index >= 15 is 0 Å². The van der Waals surface area contributed by atoms with E-state index in [9.17, 15) is 9.59 Å². The van der Waals surface area contributed by atoms with Crippen molar-refractivity contribution in [3.05, 3.63) is 61.9 Å². The summed E-state index contributed by atoms with van der Waals surface area (Å²) >= 11 is 0. The van der Waals surface area contributed by atoms with Gasteiger partial charge in [0, 0.05) is 0 Å². The van der Waals surface area contributed by atoms with E-state index in [0.717, 1.165) is 5.56 Å². The summed E-state index contributed by atoms with van der Waals surface area (Å²) in [5, 5.41) is 9.08. The smallest absolute Gasteiger partial charge is 0.268 e. The molecule has 0 aromatic heterocycles. The van der Waals surface area contributed by atoms with Crippen LogP contribution in [0.25, 0.3) is 12.2 Å². The second-order valence-electron chi connectivity index (χ2n) is 3.16. The first-order valence-electron chi connectivity index (χ1n) is 4.45. The summed E-state index contributed by atoms with van der Waals surface area (Å²) in [4.78, 5) is 21.7. The van der Waals surface area contributed by atoms with Gasteiger partial charge >= 0.3 is 0 Å². The first kappa shape index (κ1) is 9.40. The molecule has 74 valence electrons. The highest BCUT2D eigenvalue weighted by Crippen LogP contribution is 2.12. The predicted octanol–water partition coefficient (Wildman–Crippen LogP) is 1.16. The topological polar surface area (TPSA) is 54.4 Å². The van der Waals surface area contributed by atoms with Crippen LogP contribution in [-0.2, 0) is 0 Å². The van der Waals surface area contributed by atoms with Gasteiger partial charge in [0.1, 0.15) is 0 Å². The van der Waals surface area contributed by atoms with E-state index in [1.165, 1.54) is 6.08 Å². The molecule has 0 saturated heterocycles. The molecule has 2 aromatic carbocycles. The maximum atomic E-state index is 11.0. The van der Waals surface area contributed by atoms with Crippen molar-refractivity contribution >= 4 is 12.2 Å². The molecule has 0 fully saturated rings. The van der Waals surface area contributed by atoms with Crippen molar-refractivity contribution in [2.45, 2.75) is 0 Å². The monoisotopic (exact) mass is 200 g/mol. The lowest BCUT2D eigenvalue weighted by Crippen LogP contribution is -2.32. The Morgan fingerprint density at radius 2 is 1.60 bits per heavy atom. The van der Waals surface area contributed by atoms with Crippen LogP contribution in [0.4, 0.5) is 0 Å². The zero-order valence-electron chi connectivity index (χ0n) is 7.81. The highest BCUT2D eigenvalue weighted by Gasteiger charge is 2.16. The molecule has 0 amide bonds. The lowest BCUT2D eigenvalue weighted by molar-refractivity contribution is 0.461. The van der Waals surface area contributed by atoms with Crippen LogP contribution in [0.1, 0.15) is 11.1 Å². The third-order valence-corrected chi connectivity index (χ3v) is 2.16. The molecule has 2 aromatic rings. The highest BCUT2D eigenvalue weighted by atomic mass is 16.3. The minimum atomic E-state index is -0.803. The minimum absolute atomic E-state index is 0.0869. The van der Waals surface area contributed by atoms with Gasteiger partial charge in [-0.2, -0.15) is 0 Å². The summed E-state index contributed by atoms with van der Waals surface area (Å²) in [6.45, 7) is 0. The largest absolute Gasteiger partial charge is 0.504 e. The maximum absolute atomic E-state index is 11.0. The second kappa shape index (κ2) is 3.53. The van der Waals surface area contributed by atoms with Gasteiger partial charge in [-0.1, -0.05) is 36.4 Å². The van der Waals surface area contributed by atoms with E-state index in [1.807, 2.05) is 30.3 Å². The second-order valence-corrected chi connectivity index (χ2v) is 3.16. The molecule has 0 unspecified atom stereocenters. The molecule has 0 spiro atoms. The average Bonchev–Trinajstić information content (AvgIpc) is 2.30. The van der Waals surface area contributed by atoms with Crippen LogP contribution in [0.5, 0.6) is 5.75 Å². The normalized spacial score (nSPS) is 11.2. The fourth-order valence-corrected chi connectivity index (χ4v) is 1.30. The zero-order valence-corrected chi connectivity index (χ0v) is 7.81. The number of rotatable bonds is 2. The lowest BCUT2D eigenvalue weighted by atomic mass is 10.1. The van der Waals surface area contributed by atoms with Crippen molar-refractivity contribution in [1.29, 1.82) is 0 Å².